The Kier molecular flexibility index (Phi) is 17.1. The summed E-state index contributed by atoms with van der Waals surface area (Å²) in [5, 5.41) is 24.0. The molecule has 1 aliphatic carbocycles. The Bertz CT molecular complexity index is 1140. The Morgan fingerprint density at radius 1 is 0.891 bits per heavy atom. The van der Waals surface area contributed by atoms with Gasteiger partial charge in [0.05, 0.1) is 12.6 Å². The van der Waals surface area contributed by atoms with Crippen molar-refractivity contribution in [2.45, 2.75) is 153 Å². The molecule has 2 atom stereocenters. The lowest BCUT2D eigenvalue weighted by atomic mass is 9.75. The number of ether oxygens (including phenoxy) is 1. The van der Waals surface area contributed by atoms with Crippen LogP contribution in [-0.2, 0) is 31.6 Å². The first-order valence-corrected chi connectivity index (χ1v) is 17.3. The molecule has 1 amide bonds. The summed E-state index contributed by atoms with van der Waals surface area (Å²) in [4.78, 5) is 23.1. The predicted octanol–water partition coefficient (Wildman–Crippen LogP) is 9.35. The van der Waals surface area contributed by atoms with E-state index in [2.05, 4.69) is 107 Å². The van der Waals surface area contributed by atoms with Crippen molar-refractivity contribution in [1.82, 2.24) is 5.32 Å². The van der Waals surface area contributed by atoms with E-state index in [1.165, 1.54) is 5.57 Å². The van der Waals surface area contributed by atoms with E-state index in [0.717, 1.165) is 28.7 Å². The van der Waals surface area contributed by atoms with Crippen LogP contribution in [0.2, 0.25) is 0 Å². The normalized spacial score (nSPS) is 17.2. The highest BCUT2D eigenvalue weighted by atomic mass is 16.5. The van der Waals surface area contributed by atoms with Gasteiger partial charge in [0, 0.05) is 12.8 Å². The third-order valence-electron chi connectivity index (χ3n) is 8.06. The highest BCUT2D eigenvalue weighted by Gasteiger charge is 2.32. The van der Waals surface area contributed by atoms with E-state index >= 15 is 0 Å². The van der Waals surface area contributed by atoms with Gasteiger partial charge in [-0.1, -0.05) is 134 Å². The van der Waals surface area contributed by atoms with Gasteiger partial charge < -0.3 is 20.3 Å². The summed E-state index contributed by atoms with van der Waals surface area (Å²) >= 11 is 0. The zero-order valence-corrected chi connectivity index (χ0v) is 32.3. The van der Waals surface area contributed by atoms with Crippen molar-refractivity contribution < 1.29 is 24.5 Å². The summed E-state index contributed by atoms with van der Waals surface area (Å²) in [7, 11) is 0. The van der Waals surface area contributed by atoms with Crippen molar-refractivity contribution in [2.75, 3.05) is 13.2 Å². The van der Waals surface area contributed by atoms with Crippen molar-refractivity contribution in [3.8, 4) is 5.75 Å². The Labute approximate surface area is 282 Å². The fraction of sp³-hybridized carbons (Fsp3) is 0.700. The number of phenolic OH excluding ortho intramolecular Hbond substituents is 1. The number of aromatic hydroxyl groups is 1. The third kappa shape index (κ3) is 14.9. The van der Waals surface area contributed by atoms with Crippen molar-refractivity contribution in [3.63, 3.8) is 0 Å². The third-order valence-corrected chi connectivity index (χ3v) is 8.06. The number of hydrogen-bond acceptors (Lipinski definition) is 5. The molecule has 0 saturated carbocycles. The van der Waals surface area contributed by atoms with E-state index < -0.39 is 0 Å². The molecule has 1 aromatic carbocycles. The minimum absolute atomic E-state index is 0.0429. The molecule has 264 valence electrons. The van der Waals surface area contributed by atoms with Gasteiger partial charge in [0.25, 0.3) is 0 Å². The first-order chi connectivity index (χ1) is 20.9. The molecule has 1 aliphatic rings. The number of nitrogens with one attached hydrogen (secondary N) is 1. The van der Waals surface area contributed by atoms with Gasteiger partial charge in [-0.25, -0.2) is 0 Å². The molecule has 2 rings (SSSR count). The van der Waals surface area contributed by atoms with E-state index in [9.17, 15) is 19.8 Å². The summed E-state index contributed by atoms with van der Waals surface area (Å²) in [6, 6.07) is 4.00. The van der Waals surface area contributed by atoms with Crippen LogP contribution in [0.3, 0.4) is 0 Å². The molecular weight excluding hydrogens is 574 g/mol. The van der Waals surface area contributed by atoms with Crippen LogP contribution in [0.25, 0.3) is 0 Å². The lowest BCUT2D eigenvalue weighted by Crippen LogP contribution is -2.28. The Morgan fingerprint density at radius 3 is 1.80 bits per heavy atom. The molecule has 3 N–H and O–H groups in total. The van der Waals surface area contributed by atoms with E-state index in [0.29, 0.717) is 37.5 Å². The largest absolute Gasteiger partial charge is 0.507 e. The number of aliphatic hydroxyl groups excluding tert-OH is 1. The molecule has 6 nitrogen and oxygen atoms in total. The Morgan fingerprint density at radius 2 is 1.39 bits per heavy atom. The number of allylic oxidation sites excluding steroid dienone is 3. The van der Waals surface area contributed by atoms with Gasteiger partial charge in [0.2, 0.25) is 5.91 Å². The van der Waals surface area contributed by atoms with Gasteiger partial charge in [-0.3, -0.25) is 9.59 Å². The van der Waals surface area contributed by atoms with Crippen LogP contribution >= 0.6 is 0 Å². The fourth-order valence-electron chi connectivity index (χ4n) is 5.25. The standard InChI is InChI=1S/C22H35NO4.C16H28O.C2H6/c1-8-19(25)27-12-11-23-18(24)10-9-15-13-16(21(2,3)4)20(26)17(14-15)22(5,6)7;1-11-8-12(15(2,3)4)10-14(17)13(9-11)16(5,6)7;1-2/h13-14,26H,8-12H2,1-7H3,(H,23,24);8-9,12,14,17H,10H2,1-7H3;1-2H3. The molecule has 0 heterocycles. The molecule has 6 heteroatoms. The summed E-state index contributed by atoms with van der Waals surface area (Å²) in [5.41, 5.74) is 5.16. The van der Waals surface area contributed by atoms with Gasteiger partial charge >= 0.3 is 5.97 Å². The average Bonchev–Trinajstić information content (AvgIpc) is 3.08. The van der Waals surface area contributed by atoms with Crippen LogP contribution in [0, 0.1) is 16.7 Å². The molecule has 0 aliphatic heterocycles. The van der Waals surface area contributed by atoms with E-state index in [-0.39, 0.29) is 46.2 Å². The molecule has 0 bridgehead atoms. The molecule has 0 fully saturated rings. The number of rotatable bonds is 7. The summed E-state index contributed by atoms with van der Waals surface area (Å²) in [5.74, 6) is 0.442. The SMILES string of the molecule is CC.CC1=CC(C(C)(C)C)CC(O)C(C(C)(C)C)=C1.CCC(=O)OCCNC(=O)CCc1cc(C(C)(C)C)c(O)c(C(C)(C)C)c1. The molecule has 0 saturated heterocycles. The van der Waals surface area contributed by atoms with Crippen molar-refractivity contribution in [2.24, 2.45) is 16.7 Å². The second-order valence-electron chi connectivity index (χ2n) is 16.4. The number of benzene rings is 1. The van der Waals surface area contributed by atoms with Gasteiger partial charge in [0.15, 0.2) is 0 Å². The number of aryl methyl sites for hydroxylation is 1. The highest BCUT2D eigenvalue weighted by Crippen LogP contribution is 2.41. The lowest BCUT2D eigenvalue weighted by Gasteiger charge is -2.32. The highest BCUT2D eigenvalue weighted by molar-refractivity contribution is 5.76. The average molecular weight is 644 g/mol. The van der Waals surface area contributed by atoms with Gasteiger partial charge in [-0.2, -0.15) is 0 Å². The van der Waals surface area contributed by atoms with Crippen LogP contribution in [0.15, 0.2) is 35.4 Å². The molecule has 1 aromatic rings. The van der Waals surface area contributed by atoms with E-state index in [1.807, 2.05) is 26.0 Å². The molecule has 2 unspecified atom stereocenters. The lowest BCUT2D eigenvalue weighted by molar-refractivity contribution is -0.143. The van der Waals surface area contributed by atoms with Crippen LogP contribution in [0.1, 0.15) is 147 Å². The van der Waals surface area contributed by atoms with Crippen LogP contribution in [0.5, 0.6) is 5.75 Å². The van der Waals surface area contributed by atoms with Crippen LogP contribution < -0.4 is 5.32 Å². The summed E-state index contributed by atoms with van der Waals surface area (Å²) < 4.78 is 4.94. The number of aliphatic hydroxyl groups is 1. The second-order valence-corrected chi connectivity index (χ2v) is 16.4. The maximum atomic E-state index is 12.1. The van der Waals surface area contributed by atoms with Gasteiger partial charge in [0.1, 0.15) is 12.4 Å². The minimum atomic E-state index is -0.312. The summed E-state index contributed by atoms with van der Waals surface area (Å²) in [6.45, 7) is 34.1. The maximum absolute atomic E-state index is 12.1. The minimum Gasteiger partial charge on any atom is -0.507 e. The molecule has 46 heavy (non-hydrogen) atoms. The number of carbonyl (C=O) groups is 2. The topological polar surface area (TPSA) is 95.9 Å². The van der Waals surface area contributed by atoms with E-state index in [1.54, 1.807) is 6.92 Å². The first kappa shape index (κ1) is 43.4. The Hall–Kier alpha value is -2.60. The van der Waals surface area contributed by atoms with Gasteiger partial charge in [-0.15, -0.1) is 0 Å². The zero-order chi connectivity index (χ0) is 36.3. The molecule has 0 aromatic heterocycles. The number of carbonyl (C=O) groups excluding carboxylic acids is 2. The number of phenols is 1. The van der Waals surface area contributed by atoms with Crippen molar-refractivity contribution >= 4 is 11.9 Å². The monoisotopic (exact) mass is 644 g/mol. The number of amides is 1. The predicted molar refractivity (Wildman–Crippen MR) is 194 cm³/mol. The summed E-state index contributed by atoms with van der Waals surface area (Å²) in [6.07, 6.45) is 6.30. The molecular formula is C40H69NO5. The smallest absolute Gasteiger partial charge is 0.305 e. The Balaban J connectivity index is 0.000000913. The van der Waals surface area contributed by atoms with Crippen LogP contribution in [-0.4, -0.2) is 41.3 Å². The van der Waals surface area contributed by atoms with Gasteiger partial charge in [-0.05, 0) is 69.6 Å². The van der Waals surface area contributed by atoms with Crippen molar-refractivity contribution in [3.05, 3.63) is 52.1 Å². The maximum Gasteiger partial charge on any atom is 0.305 e. The molecule has 0 spiro atoms. The zero-order valence-electron chi connectivity index (χ0n) is 32.3. The fourth-order valence-corrected chi connectivity index (χ4v) is 5.25. The van der Waals surface area contributed by atoms with E-state index in [4.69, 9.17) is 4.74 Å². The van der Waals surface area contributed by atoms with Crippen LogP contribution in [0.4, 0.5) is 0 Å². The number of hydrogen-bond donors (Lipinski definition) is 3. The quantitative estimate of drug-likeness (QED) is 0.203. The first-order valence-electron chi connectivity index (χ1n) is 17.3. The number of esters is 1. The second kappa shape index (κ2) is 18.1. The van der Waals surface area contributed by atoms with Crippen molar-refractivity contribution in [1.29, 1.82) is 0 Å². The molecule has 0 radical (unpaired) electrons.